The summed E-state index contributed by atoms with van der Waals surface area (Å²) in [5.41, 5.74) is 1.73. The molecule has 140 valence electrons. The molecule has 2 saturated heterocycles. The van der Waals surface area contributed by atoms with Gasteiger partial charge >= 0.3 is 12.1 Å². The van der Waals surface area contributed by atoms with Crippen LogP contribution in [0.25, 0.3) is 0 Å². The lowest BCUT2D eigenvalue weighted by molar-refractivity contribution is -0.120. The topological polar surface area (TPSA) is 91.0 Å². The maximum absolute atomic E-state index is 12.4. The minimum Gasteiger partial charge on any atom is -0.449 e. The summed E-state index contributed by atoms with van der Waals surface area (Å²) in [5, 5.41) is 5.71. The smallest absolute Gasteiger partial charge is 0.414 e. The Bertz CT molecular complexity index is 676. The van der Waals surface area contributed by atoms with Gasteiger partial charge in [-0.15, -0.1) is 0 Å². The molecule has 0 bridgehead atoms. The lowest BCUT2D eigenvalue weighted by Gasteiger charge is -2.27. The van der Waals surface area contributed by atoms with Gasteiger partial charge in [0.1, 0.15) is 0 Å². The normalized spacial score (nSPS) is 19.3. The zero-order valence-corrected chi connectivity index (χ0v) is 14.9. The number of carbonyl (C=O) groups is 3. The molecule has 8 heteroatoms. The van der Waals surface area contributed by atoms with Crippen LogP contribution in [0.5, 0.6) is 0 Å². The van der Waals surface area contributed by atoms with Gasteiger partial charge in [0.15, 0.2) is 0 Å². The number of urea groups is 1. The molecule has 1 unspecified atom stereocenters. The molecule has 0 radical (unpaired) electrons. The van der Waals surface area contributed by atoms with E-state index in [4.69, 9.17) is 4.74 Å². The average Bonchev–Trinajstić information content (AvgIpc) is 2.87. The van der Waals surface area contributed by atoms with Crippen LogP contribution < -0.4 is 15.5 Å². The van der Waals surface area contributed by atoms with Crippen LogP contribution in [0.4, 0.5) is 15.3 Å². The lowest BCUT2D eigenvalue weighted by atomic mass is 10.1. The minimum atomic E-state index is -0.324. The third kappa shape index (κ3) is 4.25. The third-order valence-electron chi connectivity index (χ3n) is 4.62. The van der Waals surface area contributed by atoms with Crippen LogP contribution in [0.2, 0.25) is 0 Å². The number of hydrogen-bond donors (Lipinski definition) is 2. The van der Waals surface area contributed by atoms with Gasteiger partial charge < -0.3 is 20.3 Å². The van der Waals surface area contributed by atoms with Crippen LogP contribution in [0.3, 0.4) is 0 Å². The number of nitrogens with one attached hydrogen (secondary N) is 2. The first-order chi connectivity index (χ1) is 12.5. The summed E-state index contributed by atoms with van der Waals surface area (Å²) in [5.74, 6) is -0.0276. The molecule has 2 N–H and O–H groups in total. The summed E-state index contributed by atoms with van der Waals surface area (Å²) in [7, 11) is 0. The van der Waals surface area contributed by atoms with Gasteiger partial charge in [0, 0.05) is 38.3 Å². The molecule has 0 aliphatic carbocycles. The van der Waals surface area contributed by atoms with Crippen LogP contribution in [-0.2, 0) is 9.53 Å². The van der Waals surface area contributed by atoms with Gasteiger partial charge in [-0.2, -0.15) is 0 Å². The number of ether oxygens (including phenoxy) is 1. The molecule has 1 aromatic carbocycles. The number of hydrogen-bond acceptors (Lipinski definition) is 4. The number of carbonyl (C=O) groups excluding carboxylic acids is 3. The molecule has 1 aromatic rings. The van der Waals surface area contributed by atoms with Crippen molar-refractivity contribution in [2.45, 2.75) is 25.8 Å². The SMILES string of the molecule is CC(NC(=O)N1CCNC(=O)CC1)c1ccc(N2CCCOC2=O)cc1. The van der Waals surface area contributed by atoms with Crippen molar-refractivity contribution in [1.82, 2.24) is 15.5 Å². The fourth-order valence-electron chi connectivity index (χ4n) is 3.06. The van der Waals surface area contributed by atoms with E-state index < -0.39 is 0 Å². The molecule has 2 heterocycles. The summed E-state index contributed by atoms with van der Waals surface area (Å²) in [6.45, 7) is 4.41. The third-order valence-corrected chi connectivity index (χ3v) is 4.62. The van der Waals surface area contributed by atoms with Gasteiger partial charge in [-0.25, -0.2) is 9.59 Å². The first-order valence-corrected chi connectivity index (χ1v) is 8.91. The number of cyclic esters (lactones) is 1. The Kier molecular flexibility index (Phi) is 5.60. The Labute approximate surface area is 152 Å². The fraction of sp³-hybridized carbons (Fsp3) is 0.500. The van der Waals surface area contributed by atoms with Gasteiger partial charge in [-0.1, -0.05) is 12.1 Å². The first-order valence-electron chi connectivity index (χ1n) is 8.91. The predicted octanol–water partition coefficient (Wildman–Crippen LogP) is 1.63. The van der Waals surface area contributed by atoms with Gasteiger partial charge in [0.2, 0.25) is 5.91 Å². The molecule has 8 nitrogen and oxygen atoms in total. The number of rotatable bonds is 3. The Balaban J connectivity index is 1.59. The first kappa shape index (κ1) is 18.0. The van der Waals surface area contributed by atoms with Gasteiger partial charge in [-0.3, -0.25) is 9.69 Å². The second-order valence-electron chi connectivity index (χ2n) is 6.47. The molecule has 0 saturated carbocycles. The number of benzene rings is 1. The van der Waals surface area contributed by atoms with Gasteiger partial charge in [-0.05, 0) is 31.0 Å². The van der Waals surface area contributed by atoms with Crippen molar-refractivity contribution in [3.63, 3.8) is 0 Å². The van der Waals surface area contributed by atoms with Crippen molar-refractivity contribution >= 4 is 23.7 Å². The van der Waals surface area contributed by atoms with Crippen molar-refractivity contribution < 1.29 is 19.1 Å². The van der Waals surface area contributed by atoms with Gasteiger partial charge in [0.25, 0.3) is 0 Å². The Morgan fingerprint density at radius 3 is 2.69 bits per heavy atom. The van der Waals surface area contributed by atoms with Gasteiger partial charge in [0.05, 0.1) is 12.6 Å². The molecular weight excluding hydrogens is 336 g/mol. The van der Waals surface area contributed by atoms with Crippen LogP contribution in [0, 0.1) is 0 Å². The minimum absolute atomic E-state index is 0.0276. The van der Waals surface area contributed by atoms with E-state index in [1.54, 1.807) is 9.80 Å². The summed E-state index contributed by atoms with van der Waals surface area (Å²) in [6, 6.07) is 7.15. The second-order valence-corrected chi connectivity index (χ2v) is 6.47. The summed E-state index contributed by atoms with van der Waals surface area (Å²) in [6.07, 6.45) is 0.810. The highest BCUT2D eigenvalue weighted by Crippen LogP contribution is 2.22. The molecular formula is C18H24N4O4. The highest BCUT2D eigenvalue weighted by Gasteiger charge is 2.22. The highest BCUT2D eigenvalue weighted by molar-refractivity contribution is 5.88. The fourth-order valence-corrected chi connectivity index (χ4v) is 3.06. The second kappa shape index (κ2) is 8.07. The van der Waals surface area contributed by atoms with E-state index in [-0.39, 0.29) is 24.1 Å². The van der Waals surface area contributed by atoms with Crippen molar-refractivity contribution in [3.05, 3.63) is 29.8 Å². The van der Waals surface area contributed by atoms with Crippen molar-refractivity contribution in [2.24, 2.45) is 0 Å². The molecule has 2 aliphatic rings. The molecule has 26 heavy (non-hydrogen) atoms. The molecule has 0 spiro atoms. The Morgan fingerprint density at radius 2 is 1.96 bits per heavy atom. The Morgan fingerprint density at radius 1 is 1.19 bits per heavy atom. The molecule has 2 aliphatic heterocycles. The highest BCUT2D eigenvalue weighted by atomic mass is 16.6. The van der Waals surface area contributed by atoms with E-state index in [0.29, 0.717) is 39.2 Å². The van der Waals surface area contributed by atoms with Crippen LogP contribution >= 0.6 is 0 Å². The number of amides is 4. The molecule has 4 amide bonds. The zero-order chi connectivity index (χ0) is 18.5. The summed E-state index contributed by atoms with van der Waals surface area (Å²) in [4.78, 5) is 38.8. The number of anilines is 1. The van der Waals surface area contributed by atoms with Crippen molar-refractivity contribution in [3.8, 4) is 0 Å². The predicted molar refractivity (Wildman–Crippen MR) is 95.9 cm³/mol. The average molecular weight is 360 g/mol. The lowest BCUT2D eigenvalue weighted by Crippen LogP contribution is -2.42. The van der Waals surface area contributed by atoms with Crippen LogP contribution in [0.1, 0.15) is 31.4 Å². The van der Waals surface area contributed by atoms with E-state index in [9.17, 15) is 14.4 Å². The van der Waals surface area contributed by atoms with E-state index in [1.807, 2.05) is 31.2 Å². The number of nitrogens with zero attached hydrogens (tertiary/aromatic N) is 2. The quantitative estimate of drug-likeness (QED) is 0.857. The standard InChI is InChI=1S/C18H24N4O4/c1-13(20-17(24)21-10-7-16(23)19-8-11-21)14-3-5-15(6-4-14)22-9-2-12-26-18(22)25/h3-6,13H,2,7-12H2,1H3,(H,19,23)(H,20,24). The Hall–Kier alpha value is -2.77. The maximum Gasteiger partial charge on any atom is 0.414 e. The van der Waals surface area contributed by atoms with Crippen LogP contribution in [0.15, 0.2) is 24.3 Å². The molecule has 0 aromatic heterocycles. The van der Waals surface area contributed by atoms with Crippen LogP contribution in [-0.4, -0.2) is 55.7 Å². The maximum atomic E-state index is 12.4. The monoisotopic (exact) mass is 360 g/mol. The molecule has 1 atom stereocenters. The van der Waals surface area contributed by atoms with E-state index >= 15 is 0 Å². The summed E-state index contributed by atoms with van der Waals surface area (Å²) < 4.78 is 5.06. The summed E-state index contributed by atoms with van der Waals surface area (Å²) >= 11 is 0. The zero-order valence-electron chi connectivity index (χ0n) is 14.9. The molecule has 3 rings (SSSR count). The molecule has 2 fully saturated rings. The van der Waals surface area contributed by atoms with Crippen molar-refractivity contribution in [2.75, 3.05) is 37.7 Å². The van der Waals surface area contributed by atoms with E-state index in [1.165, 1.54) is 0 Å². The largest absolute Gasteiger partial charge is 0.449 e. The van der Waals surface area contributed by atoms with E-state index in [2.05, 4.69) is 10.6 Å². The van der Waals surface area contributed by atoms with Crippen molar-refractivity contribution in [1.29, 1.82) is 0 Å². The van der Waals surface area contributed by atoms with E-state index in [0.717, 1.165) is 17.7 Å².